The summed E-state index contributed by atoms with van der Waals surface area (Å²) in [5.41, 5.74) is -0.285. The predicted molar refractivity (Wildman–Crippen MR) is 113 cm³/mol. The molecule has 0 aliphatic carbocycles. The minimum Gasteiger partial charge on any atom is -0.480 e. The maximum atomic E-state index is 13.9. The monoisotopic (exact) mass is 455 g/mol. The van der Waals surface area contributed by atoms with Crippen molar-refractivity contribution in [3.05, 3.63) is 65.2 Å². The molecule has 0 bridgehead atoms. The minimum absolute atomic E-state index is 0.116. The van der Waals surface area contributed by atoms with Crippen LogP contribution in [0.15, 0.2) is 42.5 Å². The van der Waals surface area contributed by atoms with Gasteiger partial charge in [-0.2, -0.15) is 0 Å². The number of ether oxygens (including phenoxy) is 1. The molecule has 2 fully saturated rings. The number of fused-ring (bicyclic) bond motifs is 2. The lowest BCUT2D eigenvalue weighted by atomic mass is 9.81. The molecule has 5 rings (SSSR count). The summed E-state index contributed by atoms with van der Waals surface area (Å²) in [7, 11) is 0. The first kappa shape index (κ1) is 21.4. The smallest absolute Gasteiger partial charge is 0.322 e. The van der Waals surface area contributed by atoms with Gasteiger partial charge in [-0.05, 0) is 61.1 Å². The molecule has 0 saturated carbocycles. The molecule has 1 spiro atoms. The van der Waals surface area contributed by atoms with Crippen molar-refractivity contribution in [1.29, 1.82) is 0 Å². The highest BCUT2D eigenvalue weighted by Crippen LogP contribution is 2.42. The Kier molecular flexibility index (Phi) is 5.26. The largest absolute Gasteiger partial charge is 0.480 e. The van der Waals surface area contributed by atoms with Gasteiger partial charge in [0.05, 0.1) is 0 Å². The Hall–Kier alpha value is -3.49. The molecule has 9 heteroatoms. The van der Waals surface area contributed by atoms with Crippen LogP contribution in [-0.4, -0.2) is 41.9 Å². The van der Waals surface area contributed by atoms with Crippen LogP contribution in [0.2, 0.25) is 0 Å². The molecule has 2 N–H and O–H groups in total. The molecular weight excluding hydrogens is 432 g/mol. The number of carbonyl (C=O) groups excluding carboxylic acids is 3. The molecule has 2 atom stereocenters. The number of piperidine rings is 1. The summed E-state index contributed by atoms with van der Waals surface area (Å²) in [4.78, 5) is 39.6. The number of halogens is 2. The van der Waals surface area contributed by atoms with E-state index in [0.717, 1.165) is 30.9 Å². The number of benzene rings is 2. The van der Waals surface area contributed by atoms with E-state index in [1.807, 2.05) is 0 Å². The highest BCUT2D eigenvalue weighted by molar-refractivity contribution is 6.08. The van der Waals surface area contributed by atoms with E-state index in [2.05, 4.69) is 10.6 Å². The van der Waals surface area contributed by atoms with Crippen molar-refractivity contribution in [3.8, 4) is 5.75 Å². The fourth-order valence-corrected chi connectivity index (χ4v) is 5.00. The Bertz CT molecular complexity index is 1120. The fraction of sp³-hybridized carbons (Fsp3) is 0.375. The molecule has 4 amide bonds. The van der Waals surface area contributed by atoms with Crippen LogP contribution >= 0.6 is 0 Å². The minimum atomic E-state index is -1.55. The van der Waals surface area contributed by atoms with Gasteiger partial charge in [0.2, 0.25) is 0 Å². The maximum Gasteiger partial charge on any atom is 0.322 e. The molecule has 2 aromatic carbocycles. The summed E-state index contributed by atoms with van der Waals surface area (Å²) in [5.74, 6) is -1.15. The molecule has 33 heavy (non-hydrogen) atoms. The number of carbonyl (C=O) groups is 3. The van der Waals surface area contributed by atoms with Crippen molar-refractivity contribution in [2.75, 3.05) is 13.1 Å². The van der Waals surface area contributed by atoms with Gasteiger partial charge in [-0.1, -0.05) is 12.1 Å². The Morgan fingerprint density at radius 3 is 2.42 bits per heavy atom. The Morgan fingerprint density at radius 2 is 1.76 bits per heavy atom. The molecule has 7 nitrogen and oxygen atoms in total. The second-order valence-electron chi connectivity index (χ2n) is 8.86. The van der Waals surface area contributed by atoms with E-state index >= 15 is 0 Å². The van der Waals surface area contributed by atoms with Crippen molar-refractivity contribution in [3.63, 3.8) is 0 Å². The Balaban J connectivity index is 1.29. The topological polar surface area (TPSA) is 87.7 Å². The first-order valence-electron chi connectivity index (χ1n) is 11.0. The van der Waals surface area contributed by atoms with Crippen molar-refractivity contribution in [2.45, 2.75) is 37.3 Å². The van der Waals surface area contributed by atoms with Gasteiger partial charge < -0.3 is 15.0 Å². The first-order chi connectivity index (χ1) is 15.8. The number of nitrogens with one attached hydrogen (secondary N) is 2. The lowest BCUT2D eigenvalue weighted by Gasteiger charge is -2.40. The number of urea groups is 1. The van der Waals surface area contributed by atoms with Crippen LogP contribution in [0.1, 0.15) is 30.4 Å². The number of rotatable bonds is 3. The zero-order valence-electron chi connectivity index (χ0n) is 17.8. The zero-order chi connectivity index (χ0) is 23.2. The molecule has 3 aliphatic rings. The third kappa shape index (κ3) is 3.92. The average Bonchev–Trinajstić information content (AvgIpc) is 3.08. The summed E-state index contributed by atoms with van der Waals surface area (Å²) >= 11 is 0. The van der Waals surface area contributed by atoms with E-state index in [9.17, 15) is 23.2 Å². The van der Waals surface area contributed by atoms with Gasteiger partial charge in [-0.3, -0.25) is 14.9 Å². The van der Waals surface area contributed by atoms with Crippen LogP contribution in [0.3, 0.4) is 0 Å². The van der Waals surface area contributed by atoms with Gasteiger partial charge in [0.1, 0.15) is 17.4 Å². The first-order valence-corrected chi connectivity index (χ1v) is 11.0. The third-order valence-corrected chi connectivity index (χ3v) is 6.74. The third-order valence-electron chi connectivity index (χ3n) is 6.74. The molecule has 172 valence electrons. The van der Waals surface area contributed by atoms with Gasteiger partial charge in [0, 0.05) is 25.1 Å². The van der Waals surface area contributed by atoms with Gasteiger partial charge in [0.15, 0.2) is 11.6 Å². The van der Waals surface area contributed by atoms with Crippen LogP contribution in [0.5, 0.6) is 5.75 Å². The van der Waals surface area contributed by atoms with Gasteiger partial charge in [0.25, 0.3) is 11.8 Å². The van der Waals surface area contributed by atoms with Crippen molar-refractivity contribution >= 4 is 17.8 Å². The number of hydrogen-bond acceptors (Lipinski definition) is 4. The van der Waals surface area contributed by atoms with Crippen LogP contribution in [0.4, 0.5) is 13.6 Å². The van der Waals surface area contributed by atoms with Crippen molar-refractivity contribution in [2.24, 2.45) is 5.92 Å². The van der Waals surface area contributed by atoms with E-state index in [1.54, 1.807) is 17.0 Å². The standard InChI is InChI=1S/C24H23F2N3O4/c25-16-3-1-14(2-4-16)11-15-7-9-29(10-8-15)21(30)20-13-24(22(31)27-23(32)28-24)18-12-17(26)5-6-19(18)33-20/h1-6,12,15,20H,7-11,13H2,(H2,27,28,31,32). The number of nitrogens with zero attached hydrogens (tertiary/aromatic N) is 1. The fourth-order valence-electron chi connectivity index (χ4n) is 5.00. The predicted octanol–water partition coefficient (Wildman–Crippen LogP) is 2.63. The van der Waals surface area contributed by atoms with Gasteiger partial charge >= 0.3 is 6.03 Å². The maximum absolute atomic E-state index is 13.9. The average molecular weight is 455 g/mol. The van der Waals surface area contributed by atoms with Crippen LogP contribution in [-0.2, 0) is 21.5 Å². The quantitative estimate of drug-likeness (QED) is 0.697. The normalized spacial score (nSPS) is 24.8. The zero-order valence-corrected chi connectivity index (χ0v) is 17.8. The molecule has 2 aromatic rings. The van der Waals surface area contributed by atoms with E-state index in [0.29, 0.717) is 19.0 Å². The highest BCUT2D eigenvalue weighted by atomic mass is 19.1. The summed E-state index contributed by atoms with van der Waals surface area (Å²) in [6, 6.07) is 9.49. The van der Waals surface area contributed by atoms with Crippen molar-refractivity contribution in [1.82, 2.24) is 15.5 Å². The molecule has 2 saturated heterocycles. The van der Waals surface area contributed by atoms with Crippen LogP contribution < -0.4 is 15.4 Å². The number of likely N-dealkylation sites (tertiary alicyclic amines) is 1. The molecule has 0 radical (unpaired) electrons. The van der Waals surface area contributed by atoms with Gasteiger partial charge in [-0.15, -0.1) is 0 Å². The van der Waals surface area contributed by atoms with Crippen LogP contribution in [0, 0.1) is 17.6 Å². The number of amides is 4. The summed E-state index contributed by atoms with van der Waals surface area (Å²) in [6.07, 6.45) is 1.30. The SMILES string of the molecule is O=C1NC(=O)C2(CC(C(=O)N3CCC(Cc4ccc(F)cc4)CC3)Oc3ccc(F)cc32)N1. The molecular formula is C24H23F2N3O4. The van der Waals surface area contributed by atoms with Gasteiger partial charge in [-0.25, -0.2) is 13.6 Å². The number of hydrogen-bond donors (Lipinski definition) is 2. The Labute approximate surface area is 189 Å². The second kappa shape index (κ2) is 8.13. The molecule has 0 aromatic heterocycles. The molecule has 3 heterocycles. The van der Waals surface area contributed by atoms with E-state index in [4.69, 9.17) is 4.74 Å². The molecule has 2 unspecified atom stereocenters. The van der Waals surface area contributed by atoms with E-state index in [-0.39, 0.29) is 29.5 Å². The molecule has 3 aliphatic heterocycles. The number of imide groups is 1. The van der Waals surface area contributed by atoms with Crippen molar-refractivity contribution < 1.29 is 27.9 Å². The summed E-state index contributed by atoms with van der Waals surface area (Å²) in [5, 5.41) is 4.78. The lowest BCUT2D eigenvalue weighted by Crippen LogP contribution is -2.55. The van der Waals surface area contributed by atoms with E-state index < -0.39 is 29.4 Å². The van der Waals surface area contributed by atoms with E-state index in [1.165, 1.54) is 24.3 Å². The summed E-state index contributed by atoms with van der Waals surface area (Å²) < 4.78 is 32.9. The highest BCUT2D eigenvalue weighted by Gasteiger charge is 2.55. The lowest BCUT2D eigenvalue weighted by molar-refractivity contribution is -0.143. The van der Waals surface area contributed by atoms with Crippen LogP contribution in [0.25, 0.3) is 0 Å². The second-order valence-corrected chi connectivity index (χ2v) is 8.86. The summed E-state index contributed by atoms with van der Waals surface area (Å²) in [6.45, 7) is 1.07. The Morgan fingerprint density at radius 1 is 1.06 bits per heavy atom.